The number of ketones is 1. The molecule has 0 bridgehead atoms. The van der Waals surface area contributed by atoms with Gasteiger partial charge in [0.2, 0.25) is 10.0 Å². The monoisotopic (exact) mass is 257 g/mol. The maximum atomic E-state index is 13.4. The smallest absolute Gasteiger partial charge is 0.229 e. The second-order valence-corrected chi connectivity index (χ2v) is 5.30. The van der Waals surface area contributed by atoms with E-state index in [9.17, 15) is 17.6 Å². The van der Waals surface area contributed by atoms with E-state index in [2.05, 4.69) is 0 Å². The van der Waals surface area contributed by atoms with Crippen LogP contribution in [0, 0.1) is 0 Å². The van der Waals surface area contributed by atoms with E-state index in [1.807, 2.05) is 4.72 Å². The third-order valence-corrected chi connectivity index (χ3v) is 2.51. The SMILES string of the molecule is CC(=O)c1ccc(/C(F)=C\NS(C)(=O)=O)cc1. The average molecular weight is 257 g/mol. The predicted molar refractivity (Wildman–Crippen MR) is 63.5 cm³/mol. The van der Waals surface area contributed by atoms with Crippen molar-refractivity contribution in [1.82, 2.24) is 4.72 Å². The fourth-order valence-electron chi connectivity index (χ4n) is 1.11. The number of sulfonamides is 1. The Bertz CT molecular complexity index is 547. The highest BCUT2D eigenvalue weighted by molar-refractivity contribution is 7.88. The van der Waals surface area contributed by atoms with Crippen molar-refractivity contribution in [2.45, 2.75) is 6.92 Å². The quantitative estimate of drug-likeness (QED) is 0.835. The molecule has 0 aliphatic carbocycles. The van der Waals surface area contributed by atoms with Crippen LogP contribution in [0.3, 0.4) is 0 Å². The fourth-order valence-corrected chi connectivity index (χ4v) is 1.42. The normalized spacial score (nSPS) is 12.3. The van der Waals surface area contributed by atoms with Gasteiger partial charge in [0.05, 0.1) is 6.26 Å². The molecule has 0 heterocycles. The van der Waals surface area contributed by atoms with Crippen LogP contribution >= 0.6 is 0 Å². The number of rotatable bonds is 4. The van der Waals surface area contributed by atoms with Crippen LogP contribution in [0.15, 0.2) is 30.5 Å². The molecule has 1 aromatic carbocycles. The maximum Gasteiger partial charge on any atom is 0.229 e. The van der Waals surface area contributed by atoms with Gasteiger partial charge in [0.15, 0.2) is 5.78 Å². The molecule has 0 radical (unpaired) electrons. The van der Waals surface area contributed by atoms with Crippen LogP contribution in [0.4, 0.5) is 4.39 Å². The largest absolute Gasteiger partial charge is 0.295 e. The Hall–Kier alpha value is -1.69. The lowest BCUT2D eigenvalue weighted by Gasteiger charge is -2.01. The van der Waals surface area contributed by atoms with Crippen LogP contribution in [-0.4, -0.2) is 20.5 Å². The molecule has 6 heteroatoms. The summed E-state index contributed by atoms with van der Waals surface area (Å²) in [6, 6.07) is 5.77. The molecule has 0 unspecified atom stereocenters. The Morgan fingerprint density at radius 3 is 2.12 bits per heavy atom. The molecular weight excluding hydrogens is 245 g/mol. The Balaban J connectivity index is 2.90. The molecule has 0 aliphatic heterocycles. The summed E-state index contributed by atoms with van der Waals surface area (Å²) in [5.74, 6) is -0.833. The summed E-state index contributed by atoms with van der Waals surface area (Å²) in [5.41, 5.74) is 0.670. The number of hydrogen-bond donors (Lipinski definition) is 1. The predicted octanol–water partition coefficient (Wildman–Crippen LogP) is 1.71. The van der Waals surface area contributed by atoms with Crippen molar-refractivity contribution in [2.75, 3.05) is 6.26 Å². The molecule has 0 saturated carbocycles. The number of carbonyl (C=O) groups is 1. The zero-order chi connectivity index (χ0) is 13.1. The van der Waals surface area contributed by atoms with Crippen LogP contribution in [0.1, 0.15) is 22.8 Å². The van der Waals surface area contributed by atoms with Crippen molar-refractivity contribution in [3.63, 3.8) is 0 Å². The highest BCUT2D eigenvalue weighted by atomic mass is 32.2. The van der Waals surface area contributed by atoms with Crippen molar-refractivity contribution in [3.8, 4) is 0 Å². The number of carbonyl (C=O) groups excluding carboxylic acids is 1. The Labute approximate surface area is 99.2 Å². The molecule has 0 atom stereocenters. The lowest BCUT2D eigenvalue weighted by atomic mass is 10.1. The fraction of sp³-hybridized carbons (Fsp3) is 0.182. The van der Waals surface area contributed by atoms with Crippen LogP contribution in [0.25, 0.3) is 5.83 Å². The van der Waals surface area contributed by atoms with Gasteiger partial charge >= 0.3 is 0 Å². The van der Waals surface area contributed by atoms with Crippen molar-refractivity contribution in [2.24, 2.45) is 0 Å². The molecule has 0 saturated heterocycles. The number of benzene rings is 1. The molecule has 1 rings (SSSR count). The summed E-state index contributed by atoms with van der Waals surface area (Å²) >= 11 is 0. The average Bonchev–Trinajstić information content (AvgIpc) is 2.25. The van der Waals surface area contributed by atoms with Crippen molar-refractivity contribution in [1.29, 1.82) is 0 Å². The summed E-state index contributed by atoms with van der Waals surface area (Å²) in [6.07, 6.45) is 1.69. The summed E-state index contributed by atoms with van der Waals surface area (Å²) in [5, 5.41) is 0. The highest BCUT2D eigenvalue weighted by Crippen LogP contribution is 2.16. The van der Waals surface area contributed by atoms with Crippen LogP contribution in [0.5, 0.6) is 0 Å². The third kappa shape index (κ3) is 4.36. The van der Waals surface area contributed by atoms with Crippen LogP contribution in [0.2, 0.25) is 0 Å². The molecule has 17 heavy (non-hydrogen) atoms. The van der Waals surface area contributed by atoms with Crippen molar-refractivity contribution < 1.29 is 17.6 Å². The van der Waals surface area contributed by atoms with Gasteiger partial charge in [-0.3, -0.25) is 9.52 Å². The van der Waals surface area contributed by atoms with Crippen LogP contribution < -0.4 is 4.72 Å². The summed E-state index contributed by atoms with van der Waals surface area (Å²) in [6.45, 7) is 1.41. The highest BCUT2D eigenvalue weighted by Gasteiger charge is 2.04. The van der Waals surface area contributed by atoms with E-state index in [1.54, 1.807) is 0 Å². The van der Waals surface area contributed by atoms with Crippen molar-refractivity contribution in [3.05, 3.63) is 41.6 Å². The van der Waals surface area contributed by atoms with Gasteiger partial charge in [-0.25, -0.2) is 12.8 Å². The molecular formula is C11H12FNO3S. The van der Waals surface area contributed by atoms with Gasteiger partial charge in [0, 0.05) is 17.3 Å². The van der Waals surface area contributed by atoms with E-state index >= 15 is 0 Å². The lowest BCUT2D eigenvalue weighted by Crippen LogP contribution is -2.15. The molecule has 0 spiro atoms. The minimum absolute atomic E-state index is 0.116. The molecule has 0 aliphatic rings. The topological polar surface area (TPSA) is 63.2 Å². The van der Waals surface area contributed by atoms with Gasteiger partial charge in [-0.2, -0.15) is 0 Å². The summed E-state index contributed by atoms with van der Waals surface area (Å²) in [4.78, 5) is 11.0. The van der Waals surface area contributed by atoms with Gasteiger partial charge < -0.3 is 0 Å². The molecule has 0 amide bonds. The van der Waals surface area contributed by atoms with Crippen molar-refractivity contribution >= 4 is 21.6 Å². The van der Waals surface area contributed by atoms with E-state index in [4.69, 9.17) is 0 Å². The first-order chi connectivity index (χ1) is 7.79. The van der Waals surface area contributed by atoms with E-state index in [0.717, 1.165) is 12.5 Å². The minimum atomic E-state index is -3.47. The van der Waals surface area contributed by atoms with Gasteiger partial charge in [0.25, 0.3) is 0 Å². The van der Waals surface area contributed by atoms with Crippen LogP contribution in [-0.2, 0) is 10.0 Å². The maximum absolute atomic E-state index is 13.4. The first-order valence-corrected chi connectivity index (χ1v) is 6.63. The zero-order valence-electron chi connectivity index (χ0n) is 9.40. The second-order valence-electron chi connectivity index (χ2n) is 3.52. The third-order valence-electron chi connectivity index (χ3n) is 1.97. The number of hydrogen-bond acceptors (Lipinski definition) is 3. The first-order valence-electron chi connectivity index (χ1n) is 4.74. The van der Waals surface area contributed by atoms with E-state index in [0.29, 0.717) is 5.56 Å². The molecule has 4 nitrogen and oxygen atoms in total. The number of halogens is 1. The van der Waals surface area contributed by atoms with Gasteiger partial charge in [-0.1, -0.05) is 24.3 Å². The molecule has 0 fully saturated rings. The Morgan fingerprint density at radius 2 is 1.71 bits per heavy atom. The standard InChI is InChI=1S/C11H12FNO3S/c1-8(14)9-3-5-10(6-4-9)11(12)7-13-17(2,15)16/h3-7,13H,1-2H3/b11-7+. The second kappa shape index (κ2) is 5.09. The zero-order valence-corrected chi connectivity index (χ0v) is 10.2. The first kappa shape index (κ1) is 13.4. The van der Waals surface area contributed by atoms with Gasteiger partial charge in [-0.05, 0) is 6.92 Å². The Morgan fingerprint density at radius 1 is 1.24 bits per heavy atom. The van der Waals surface area contributed by atoms with E-state index in [1.165, 1.54) is 31.2 Å². The van der Waals surface area contributed by atoms with Gasteiger partial charge in [0.1, 0.15) is 5.83 Å². The van der Waals surface area contributed by atoms with Gasteiger partial charge in [-0.15, -0.1) is 0 Å². The number of nitrogens with one attached hydrogen (secondary N) is 1. The summed E-state index contributed by atoms with van der Waals surface area (Å²) < 4.78 is 36.9. The number of Topliss-reactive ketones (excluding diaryl/α,β-unsaturated/α-hetero) is 1. The lowest BCUT2D eigenvalue weighted by molar-refractivity contribution is 0.101. The molecule has 0 aromatic heterocycles. The van der Waals surface area contributed by atoms with E-state index < -0.39 is 15.9 Å². The molecule has 1 aromatic rings. The molecule has 92 valence electrons. The summed E-state index contributed by atoms with van der Waals surface area (Å²) in [7, 11) is -3.47. The minimum Gasteiger partial charge on any atom is -0.295 e. The molecule has 1 N–H and O–H groups in total. The van der Waals surface area contributed by atoms with E-state index in [-0.39, 0.29) is 11.3 Å². The Kier molecular flexibility index (Phi) is 4.01.